The molecule has 134 valence electrons. The molecule has 0 unspecified atom stereocenters. The minimum Gasteiger partial charge on any atom is -0.481 e. The summed E-state index contributed by atoms with van der Waals surface area (Å²) in [5.41, 5.74) is 3.09. The van der Waals surface area contributed by atoms with Crippen LogP contribution in [0.4, 0.5) is 5.69 Å². The van der Waals surface area contributed by atoms with Crippen LogP contribution in [0.15, 0.2) is 61.2 Å². The van der Waals surface area contributed by atoms with Crippen LogP contribution in [-0.4, -0.2) is 11.1 Å². The van der Waals surface area contributed by atoms with Gasteiger partial charge in [0.15, 0.2) is 6.54 Å². The molecule has 2 aromatic carbocycles. The predicted octanol–water partition coefficient (Wildman–Crippen LogP) is 4.92. The summed E-state index contributed by atoms with van der Waals surface area (Å²) in [5, 5.41) is 13.3. The molecule has 0 fully saturated rings. The van der Waals surface area contributed by atoms with Crippen molar-refractivity contribution in [2.45, 2.75) is 32.2 Å². The molecule has 0 radical (unpaired) electrons. The molecule has 3 aromatic rings. The smallest absolute Gasteiger partial charge is 0.303 e. The van der Waals surface area contributed by atoms with Crippen LogP contribution in [-0.2, 0) is 11.3 Å². The first-order valence-electron chi connectivity index (χ1n) is 8.79. The van der Waals surface area contributed by atoms with Gasteiger partial charge in [-0.1, -0.05) is 48.2 Å². The molecular weight excluding hydrogens is 344 g/mol. The van der Waals surface area contributed by atoms with Crippen LogP contribution in [0.25, 0.3) is 15.9 Å². The number of carboxylic acid groups (broad SMARTS) is 1. The normalized spacial score (nSPS) is 10.8. The number of aliphatic carboxylic acids is 1. The Morgan fingerprint density at radius 3 is 2.54 bits per heavy atom. The molecule has 26 heavy (non-hydrogen) atoms. The van der Waals surface area contributed by atoms with Crippen LogP contribution in [0, 0.1) is 0 Å². The van der Waals surface area contributed by atoms with Crippen LogP contribution in [0.1, 0.15) is 30.7 Å². The number of fused-ring (bicyclic) bond motifs is 1. The van der Waals surface area contributed by atoms with E-state index in [4.69, 9.17) is 5.11 Å². The van der Waals surface area contributed by atoms with Gasteiger partial charge in [0.25, 0.3) is 5.01 Å². The summed E-state index contributed by atoms with van der Waals surface area (Å²) < 4.78 is 3.52. The van der Waals surface area contributed by atoms with Gasteiger partial charge in [0.2, 0.25) is 5.52 Å². The lowest BCUT2D eigenvalue weighted by Crippen LogP contribution is -2.36. The van der Waals surface area contributed by atoms with Crippen LogP contribution < -0.4 is 9.88 Å². The van der Waals surface area contributed by atoms with Gasteiger partial charge in [0, 0.05) is 24.6 Å². The highest BCUT2D eigenvalue weighted by Crippen LogP contribution is 2.26. The van der Waals surface area contributed by atoms with Gasteiger partial charge in [-0.2, -0.15) is 4.57 Å². The Morgan fingerprint density at radius 2 is 1.77 bits per heavy atom. The van der Waals surface area contributed by atoms with Gasteiger partial charge in [-0.15, -0.1) is 0 Å². The molecule has 1 heterocycles. The monoisotopic (exact) mass is 367 g/mol. The van der Waals surface area contributed by atoms with Crippen molar-refractivity contribution in [3.8, 4) is 0 Å². The third-order valence-corrected chi connectivity index (χ3v) is 5.43. The second-order valence-electron chi connectivity index (χ2n) is 6.20. The van der Waals surface area contributed by atoms with Crippen LogP contribution in [0.2, 0.25) is 0 Å². The summed E-state index contributed by atoms with van der Waals surface area (Å²) in [4.78, 5) is 10.7. The lowest BCUT2D eigenvalue weighted by molar-refractivity contribution is -0.669. The number of rotatable bonds is 9. The number of unbranched alkanes of at least 4 members (excludes halogenated alkanes) is 2. The summed E-state index contributed by atoms with van der Waals surface area (Å²) in [5.74, 6) is -0.722. The molecule has 0 aliphatic heterocycles. The third-order valence-electron chi connectivity index (χ3n) is 4.21. The molecule has 1 aromatic heterocycles. The van der Waals surface area contributed by atoms with Gasteiger partial charge in [-0.3, -0.25) is 4.79 Å². The number of aromatic nitrogens is 1. The zero-order valence-electron chi connectivity index (χ0n) is 14.6. The van der Waals surface area contributed by atoms with Crippen LogP contribution in [0.5, 0.6) is 0 Å². The zero-order valence-corrected chi connectivity index (χ0v) is 15.5. The Labute approximate surface area is 157 Å². The molecular formula is C21H23N2O2S+. The molecule has 0 spiro atoms. The molecule has 0 saturated carbocycles. The van der Waals surface area contributed by atoms with Crippen molar-refractivity contribution < 1.29 is 14.5 Å². The van der Waals surface area contributed by atoms with E-state index in [0.29, 0.717) is 0 Å². The summed E-state index contributed by atoms with van der Waals surface area (Å²) in [6.07, 6.45) is 2.81. The molecule has 0 bridgehead atoms. The fraction of sp³-hybridized carbons (Fsp3) is 0.238. The fourth-order valence-electron chi connectivity index (χ4n) is 2.95. The molecule has 2 N–H and O–H groups in total. The number of benzene rings is 2. The van der Waals surface area contributed by atoms with Crippen molar-refractivity contribution in [2.24, 2.45) is 0 Å². The van der Waals surface area contributed by atoms with E-state index in [1.54, 1.807) is 11.3 Å². The maximum absolute atomic E-state index is 10.7. The first kappa shape index (κ1) is 18.1. The van der Waals surface area contributed by atoms with E-state index in [-0.39, 0.29) is 6.42 Å². The van der Waals surface area contributed by atoms with Gasteiger partial charge in [-0.25, -0.2) is 0 Å². The topological polar surface area (TPSA) is 53.2 Å². The number of carboxylic acids is 1. The fourth-order valence-corrected chi connectivity index (χ4v) is 4.07. The summed E-state index contributed by atoms with van der Waals surface area (Å²) in [6.45, 7) is 5.10. The standard InChI is InChI=1S/C21H22N2O2S/c1-16(22-17-10-4-2-5-11-17)21-23(15-9-3-6-14-20(24)25)18-12-7-8-13-19(18)26-21/h2,4-5,7-8,10-13,22H,1,3,6,9,14-15H2/p+1. The Kier molecular flexibility index (Phi) is 6.02. The van der Waals surface area contributed by atoms with Gasteiger partial charge in [0.05, 0.1) is 0 Å². The van der Waals surface area contributed by atoms with E-state index < -0.39 is 5.97 Å². The first-order valence-corrected chi connectivity index (χ1v) is 9.61. The van der Waals surface area contributed by atoms with Crippen molar-refractivity contribution in [2.75, 3.05) is 5.32 Å². The number of carbonyl (C=O) groups is 1. The molecule has 0 amide bonds. The van der Waals surface area contributed by atoms with E-state index in [2.05, 4.69) is 28.6 Å². The lowest BCUT2D eigenvalue weighted by Gasteiger charge is -2.06. The Bertz CT molecular complexity index is 903. The second kappa shape index (κ2) is 8.63. The van der Waals surface area contributed by atoms with Gasteiger partial charge in [0.1, 0.15) is 10.4 Å². The SMILES string of the molecule is C=C(Nc1ccccc1)c1sc2ccccc2[n+]1CCCCCC(=O)O. The molecule has 0 aliphatic rings. The maximum atomic E-state index is 10.7. The third kappa shape index (κ3) is 4.49. The first-order chi connectivity index (χ1) is 12.6. The Morgan fingerprint density at radius 1 is 1.04 bits per heavy atom. The summed E-state index contributed by atoms with van der Waals surface area (Å²) in [7, 11) is 0. The largest absolute Gasteiger partial charge is 0.481 e. The molecule has 0 aliphatic carbocycles. The minimum absolute atomic E-state index is 0.240. The van der Waals surface area contributed by atoms with E-state index in [1.165, 1.54) is 10.2 Å². The van der Waals surface area contributed by atoms with Crippen molar-refractivity contribution in [3.63, 3.8) is 0 Å². The number of hydrogen-bond acceptors (Lipinski definition) is 3. The number of para-hydroxylation sites is 2. The second-order valence-corrected chi connectivity index (χ2v) is 7.23. The van der Waals surface area contributed by atoms with Crippen molar-refractivity contribution in [1.82, 2.24) is 0 Å². The van der Waals surface area contributed by atoms with E-state index in [1.807, 2.05) is 42.5 Å². The summed E-state index contributed by atoms with van der Waals surface area (Å²) >= 11 is 1.73. The highest BCUT2D eigenvalue weighted by molar-refractivity contribution is 7.19. The number of nitrogens with one attached hydrogen (secondary N) is 1. The lowest BCUT2D eigenvalue weighted by atomic mass is 10.2. The molecule has 3 rings (SSSR count). The molecule has 0 atom stereocenters. The highest BCUT2D eigenvalue weighted by Gasteiger charge is 2.22. The quantitative estimate of drug-likeness (QED) is 0.417. The van der Waals surface area contributed by atoms with Crippen molar-refractivity contribution in [1.29, 1.82) is 0 Å². The van der Waals surface area contributed by atoms with Crippen LogP contribution in [0.3, 0.4) is 0 Å². The Balaban J connectivity index is 1.78. The zero-order chi connectivity index (χ0) is 18.4. The number of aryl methyl sites for hydroxylation is 1. The Hall–Kier alpha value is -2.66. The average molecular weight is 367 g/mol. The summed E-state index contributed by atoms with van der Waals surface area (Å²) in [6, 6.07) is 18.4. The maximum Gasteiger partial charge on any atom is 0.303 e. The average Bonchev–Trinajstić information content (AvgIpc) is 3.01. The highest BCUT2D eigenvalue weighted by atomic mass is 32.1. The van der Waals surface area contributed by atoms with Gasteiger partial charge >= 0.3 is 5.97 Å². The number of anilines is 1. The van der Waals surface area contributed by atoms with Gasteiger partial charge in [-0.05, 0) is 31.0 Å². The van der Waals surface area contributed by atoms with Crippen molar-refractivity contribution in [3.05, 3.63) is 66.2 Å². The predicted molar refractivity (Wildman–Crippen MR) is 107 cm³/mol. The molecule has 4 nitrogen and oxygen atoms in total. The van der Waals surface area contributed by atoms with E-state index in [9.17, 15) is 4.79 Å². The minimum atomic E-state index is -0.722. The van der Waals surface area contributed by atoms with Crippen LogP contribution >= 0.6 is 11.3 Å². The molecule has 5 heteroatoms. The van der Waals surface area contributed by atoms with Gasteiger partial charge < -0.3 is 10.4 Å². The van der Waals surface area contributed by atoms with E-state index in [0.717, 1.165) is 42.2 Å². The van der Waals surface area contributed by atoms with E-state index >= 15 is 0 Å². The number of nitrogens with zero attached hydrogens (tertiary/aromatic N) is 1. The number of hydrogen-bond donors (Lipinski definition) is 2. The number of thiazole rings is 1. The molecule has 0 saturated heterocycles. The van der Waals surface area contributed by atoms with Crippen molar-refractivity contribution >= 4 is 38.9 Å².